The van der Waals surface area contributed by atoms with Gasteiger partial charge in [-0.2, -0.15) is 0 Å². The van der Waals surface area contributed by atoms with Crippen molar-refractivity contribution in [2.45, 2.75) is 19.4 Å². The van der Waals surface area contributed by atoms with Gasteiger partial charge in [-0.25, -0.2) is 9.37 Å². The molecule has 2 amide bonds. The maximum absolute atomic E-state index is 13.0. The minimum atomic E-state index is -0.368. The van der Waals surface area contributed by atoms with Crippen LogP contribution in [0.4, 0.5) is 4.39 Å². The topological polar surface area (TPSA) is 98.3 Å². The number of nitrogens with zero attached hydrogens (tertiary/aromatic N) is 3. The minimum absolute atomic E-state index is 0.114. The average molecular weight is 358 g/mol. The number of aromatic nitrogens is 2. The molecule has 0 radical (unpaired) electrons. The summed E-state index contributed by atoms with van der Waals surface area (Å²) in [7, 11) is 0. The Hall–Kier alpha value is -3.03. The summed E-state index contributed by atoms with van der Waals surface area (Å²) in [5.74, 6) is -1.11. The fourth-order valence-corrected chi connectivity index (χ4v) is 2.98. The lowest BCUT2D eigenvalue weighted by molar-refractivity contribution is -0.135. The Morgan fingerprint density at radius 2 is 1.85 bits per heavy atom. The van der Waals surface area contributed by atoms with E-state index in [4.69, 9.17) is 5.73 Å². The maximum Gasteiger partial charge on any atom is 0.254 e. The Morgan fingerprint density at radius 1 is 1.19 bits per heavy atom. The van der Waals surface area contributed by atoms with Gasteiger partial charge in [-0.1, -0.05) is 0 Å². The van der Waals surface area contributed by atoms with Crippen LogP contribution < -0.4 is 11.3 Å². The van der Waals surface area contributed by atoms with E-state index in [1.165, 1.54) is 41.2 Å². The molecular formula is C18H19FN4O3. The van der Waals surface area contributed by atoms with E-state index in [0.29, 0.717) is 37.2 Å². The van der Waals surface area contributed by atoms with Crippen LogP contribution in [0.3, 0.4) is 0 Å². The van der Waals surface area contributed by atoms with Crippen LogP contribution in [0.5, 0.6) is 0 Å². The van der Waals surface area contributed by atoms with Gasteiger partial charge in [0.15, 0.2) is 0 Å². The molecule has 0 atom stereocenters. The van der Waals surface area contributed by atoms with Crippen LogP contribution in [0, 0.1) is 11.7 Å². The highest BCUT2D eigenvalue weighted by atomic mass is 19.1. The van der Waals surface area contributed by atoms with Gasteiger partial charge in [-0.3, -0.25) is 19.0 Å². The normalized spacial score (nSPS) is 15.0. The van der Waals surface area contributed by atoms with Gasteiger partial charge in [0.25, 0.3) is 5.56 Å². The first-order chi connectivity index (χ1) is 12.4. The Morgan fingerprint density at radius 3 is 2.42 bits per heavy atom. The van der Waals surface area contributed by atoms with Crippen molar-refractivity contribution in [3.63, 3.8) is 0 Å². The molecule has 0 bridgehead atoms. The van der Waals surface area contributed by atoms with Gasteiger partial charge < -0.3 is 10.6 Å². The SMILES string of the molecule is NC(=O)C1CCN(C(=O)Cn2cnc(-c3ccc(F)cc3)cc2=O)CC1. The van der Waals surface area contributed by atoms with E-state index < -0.39 is 0 Å². The Kier molecular flexibility index (Phi) is 5.11. The number of halogens is 1. The molecule has 0 spiro atoms. The Labute approximate surface area is 149 Å². The largest absolute Gasteiger partial charge is 0.369 e. The van der Waals surface area contributed by atoms with Gasteiger partial charge in [-0.05, 0) is 37.1 Å². The van der Waals surface area contributed by atoms with Crippen molar-refractivity contribution in [3.8, 4) is 11.3 Å². The zero-order valence-corrected chi connectivity index (χ0v) is 14.1. The molecule has 136 valence electrons. The molecule has 26 heavy (non-hydrogen) atoms. The van der Waals surface area contributed by atoms with Crippen molar-refractivity contribution in [1.29, 1.82) is 0 Å². The quantitative estimate of drug-likeness (QED) is 0.873. The molecule has 7 nitrogen and oxygen atoms in total. The van der Waals surface area contributed by atoms with Crippen LogP contribution in [0.1, 0.15) is 12.8 Å². The van der Waals surface area contributed by atoms with Crippen LogP contribution in [-0.4, -0.2) is 39.4 Å². The number of benzene rings is 1. The highest BCUT2D eigenvalue weighted by Gasteiger charge is 2.26. The van der Waals surface area contributed by atoms with Crippen molar-refractivity contribution in [1.82, 2.24) is 14.5 Å². The minimum Gasteiger partial charge on any atom is -0.369 e. The second-order valence-electron chi connectivity index (χ2n) is 6.30. The smallest absolute Gasteiger partial charge is 0.254 e. The lowest BCUT2D eigenvalue weighted by Gasteiger charge is -2.30. The van der Waals surface area contributed by atoms with Crippen molar-refractivity contribution in [2.75, 3.05) is 13.1 Å². The van der Waals surface area contributed by atoms with E-state index in [1.807, 2.05) is 0 Å². The summed E-state index contributed by atoms with van der Waals surface area (Å²) in [4.78, 5) is 41.6. The number of piperidine rings is 1. The summed E-state index contributed by atoms with van der Waals surface area (Å²) >= 11 is 0. The number of carbonyl (C=O) groups is 2. The summed E-state index contributed by atoms with van der Waals surface area (Å²) in [5.41, 5.74) is 5.96. The van der Waals surface area contributed by atoms with Crippen LogP contribution in [0.15, 0.2) is 41.5 Å². The zero-order valence-electron chi connectivity index (χ0n) is 14.1. The van der Waals surface area contributed by atoms with Crippen LogP contribution >= 0.6 is 0 Å². The molecule has 1 aromatic carbocycles. The number of hydrogen-bond acceptors (Lipinski definition) is 4. The Balaban J connectivity index is 1.67. The summed E-state index contributed by atoms with van der Waals surface area (Å²) in [6, 6.07) is 6.98. The molecule has 1 saturated heterocycles. The fraction of sp³-hybridized carbons (Fsp3) is 0.333. The molecule has 1 aromatic heterocycles. The molecule has 2 heterocycles. The predicted octanol–water partition coefficient (Wildman–Crippen LogP) is 0.773. The lowest BCUT2D eigenvalue weighted by Crippen LogP contribution is -2.43. The first-order valence-electron chi connectivity index (χ1n) is 8.33. The molecule has 0 unspecified atom stereocenters. The Bertz CT molecular complexity index is 871. The molecule has 8 heteroatoms. The predicted molar refractivity (Wildman–Crippen MR) is 92.4 cm³/mol. The average Bonchev–Trinajstić information content (AvgIpc) is 2.64. The summed E-state index contributed by atoms with van der Waals surface area (Å²) in [6.07, 6.45) is 2.39. The second kappa shape index (κ2) is 7.47. The standard InChI is InChI=1S/C18H19FN4O3/c19-14-3-1-12(2-4-14)15-9-16(24)23(11-21-15)10-17(25)22-7-5-13(6-8-22)18(20)26/h1-4,9,11,13H,5-8,10H2,(H2,20,26). The molecule has 0 aliphatic carbocycles. The highest BCUT2D eigenvalue weighted by Crippen LogP contribution is 2.17. The summed E-state index contributed by atoms with van der Waals surface area (Å²) < 4.78 is 14.2. The van der Waals surface area contributed by atoms with Crippen LogP contribution in [-0.2, 0) is 16.1 Å². The molecular weight excluding hydrogens is 339 g/mol. The van der Waals surface area contributed by atoms with E-state index in [9.17, 15) is 18.8 Å². The molecule has 0 saturated carbocycles. The van der Waals surface area contributed by atoms with E-state index in [1.54, 1.807) is 4.90 Å². The number of primary amides is 1. The number of amides is 2. The molecule has 1 fully saturated rings. The van der Waals surface area contributed by atoms with E-state index >= 15 is 0 Å². The van der Waals surface area contributed by atoms with Crippen molar-refractivity contribution >= 4 is 11.8 Å². The first kappa shape index (κ1) is 17.8. The molecule has 2 aromatic rings. The maximum atomic E-state index is 13.0. The zero-order chi connectivity index (χ0) is 18.7. The molecule has 3 rings (SSSR count). The van der Waals surface area contributed by atoms with Gasteiger partial charge in [0.2, 0.25) is 11.8 Å². The van der Waals surface area contributed by atoms with Crippen molar-refractivity contribution in [3.05, 3.63) is 52.8 Å². The number of carbonyl (C=O) groups excluding carboxylic acids is 2. The summed E-state index contributed by atoms with van der Waals surface area (Å²) in [6.45, 7) is 0.779. The van der Waals surface area contributed by atoms with Crippen molar-refractivity contribution in [2.24, 2.45) is 11.7 Å². The van der Waals surface area contributed by atoms with E-state index in [-0.39, 0.29) is 35.7 Å². The van der Waals surface area contributed by atoms with Gasteiger partial charge in [0.05, 0.1) is 12.0 Å². The van der Waals surface area contributed by atoms with Crippen LogP contribution in [0.2, 0.25) is 0 Å². The van der Waals surface area contributed by atoms with Gasteiger partial charge in [0.1, 0.15) is 12.4 Å². The first-order valence-corrected chi connectivity index (χ1v) is 8.33. The highest BCUT2D eigenvalue weighted by molar-refractivity contribution is 5.78. The number of rotatable bonds is 4. The third-order valence-corrected chi connectivity index (χ3v) is 4.58. The third-order valence-electron chi connectivity index (χ3n) is 4.58. The second-order valence-corrected chi connectivity index (χ2v) is 6.30. The van der Waals surface area contributed by atoms with Crippen molar-refractivity contribution < 1.29 is 14.0 Å². The third kappa shape index (κ3) is 3.96. The summed E-state index contributed by atoms with van der Waals surface area (Å²) in [5, 5.41) is 0. The number of nitrogens with two attached hydrogens (primary N) is 1. The molecule has 1 aliphatic heterocycles. The number of hydrogen-bond donors (Lipinski definition) is 1. The van der Waals surface area contributed by atoms with E-state index in [0.717, 1.165) is 0 Å². The van der Waals surface area contributed by atoms with Gasteiger partial charge in [0, 0.05) is 30.6 Å². The monoisotopic (exact) mass is 358 g/mol. The lowest BCUT2D eigenvalue weighted by atomic mass is 9.96. The van der Waals surface area contributed by atoms with Gasteiger partial charge >= 0.3 is 0 Å². The van der Waals surface area contributed by atoms with E-state index in [2.05, 4.69) is 4.98 Å². The van der Waals surface area contributed by atoms with Gasteiger partial charge in [-0.15, -0.1) is 0 Å². The molecule has 1 aliphatic rings. The number of likely N-dealkylation sites (tertiary alicyclic amines) is 1. The van der Waals surface area contributed by atoms with Crippen LogP contribution in [0.25, 0.3) is 11.3 Å². The fourth-order valence-electron chi connectivity index (χ4n) is 2.98. The molecule has 2 N–H and O–H groups in total.